The van der Waals surface area contributed by atoms with Gasteiger partial charge in [0.05, 0.1) is 11.0 Å². The summed E-state index contributed by atoms with van der Waals surface area (Å²) in [4.78, 5) is 8.07. The minimum absolute atomic E-state index is 0.499. The Morgan fingerprint density at radius 2 is 2.11 bits per heavy atom. The maximum Gasteiger partial charge on any atom is 0.138 e. The first-order valence-corrected chi connectivity index (χ1v) is 6.92. The number of nitrogens with one attached hydrogen (secondary N) is 1. The number of aromatic nitrogens is 2. The van der Waals surface area contributed by atoms with E-state index in [1.54, 1.807) is 0 Å². The van der Waals surface area contributed by atoms with Gasteiger partial charge in [0, 0.05) is 16.6 Å². The standard InChI is InChI=1S/C15H14BrN3/c1-9-5-6-11(16)7-12(9)15-18-13-4-2-3-10(8-17)14(13)19-15/h2-7H,8,17H2,1H3,(H,18,19). The molecule has 3 N–H and O–H groups in total. The fraction of sp³-hybridized carbons (Fsp3) is 0.133. The summed E-state index contributed by atoms with van der Waals surface area (Å²) in [6.07, 6.45) is 0. The van der Waals surface area contributed by atoms with Gasteiger partial charge in [-0.15, -0.1) is 0 Å². The highest BCUT2D eigenvalue weighted by Crippen LogP contribution is 2.27. The molecule has 0 aliphatic carbocycles. The number of nitrogens with zero attached hydrogens (tertiary/aromatic N) is 1. The third kappa shape index (κ3) is 2.17. The third-order valence-corrected chi connectivity index (χ3v) is 3.76. The molecular formula is C15H14BrN3. The SMILES string of the molecule is Cc1ccc(Br)cc1-c1nc2c(CN)cccc2[nH]1. The smallest absolute Gasteiger partial charge is 0.138 e. The van der Waals surface area contributed by atoms with Gasteiger partial charge in [-0.3, -0.25) is 0 Å². The third-order valence-electron chi connectivity index (χ3n) is 3.27. The van der Waals surface area contributed by atoms with Crippen LogP contribution in [-0.4, -0.2) is 9.97 Å². The van der Waals surface area contributed by atoms with E-state index in [1.807, 2.05) is 24.3 Å². The Balaban J connectivity index is 2.23. The fourth-order valence-electron chi connectivity index (χ4n) is 2.23. The van der Waals surface area contributed by atoms with Gasteiger partial charge in [-0.1, -0.05) is 34.1 Å². The lowest BCUT2D eigenvalue weighted by atomic mass is 10.1. The van der Waals surface area contributed by atoms with Crippen LogP contribution in [0.5, 0.6) is 0 Å². The monoisotopic (exact) mass is 315 g/mol. The lowest BCUT2D eigenvalue weighted by molar-refractivity contribution is 1.08. The predicted octanol–water partition coefficient (Wildman–Crippen LogP) is 3.76. The van der Waals surface area contributed by atoms with Crippen molar-refractivity contribution >= 4 is 27.0 Å². The van der Waals surface area contributed by atoms with Gasteiger partial charge in [0.2, 0.25) is 0 Å². The van der Waals surface area contributed by atoms with E-state index in [2.05, 4.69) is 40.0 Å². The Hall–Kier alpha value is -1.65. The summed E-state index contributed by atoms with van der Waals surface area (Å²) in [7, 11) is 0. The van der Waals surface area contributed by atoms with E-state index in [1.165, 1.54) is 5.56 Å². The summed E-state index contributed by atoms with van der Waals surface area (Å²) >= 11 is 3.50. The lowest BCUT2D eigenvalue weighted by Gasteiger charge is -2.02. The van der Waals surface area contributed by atoms with Gasteiger partial charge in [-0.2, -0.15) is 0 Å². The number of benzene rings is 2. The molecule has 3 rings (SSSR count). The molecule has 0 atom stereocenters. The number of H-pyrrole nitrogens is 1. The van der Waals surface area contributed by atoms with Gasteiger partial charge < -0.3 is 10.7 Å². The molecular weight excluding hydrogens is 302 g/mol. The lowest BCUT2D eigenvalue weighted by Crippen LogP contribution is -1.96. The molecule has 3 aromatic rings. The van der Waals surface area contributed by atoms with Crippen molar-refractivity contribution in [2.24, 2.45) is 5.73 Å². The Morgan fingerprint density at radius 1 is 1.26 bits per heavy atom. The second-order valence-electron chi connectivity index (χ2n) is 4.56. The second-order valence-corrected chi connectivity index (χ2v) is 5.48. The first-order chi connectivity index (χ1) is 9.19. The number of aryl methyl sites for hydroxylation is 1. The van der Waals surface area contributed by atoms with E-state index in [0.29, 0.717) is 6.54 Å². The van der Waals surface area contributed by atoms with E-state index in [4.69, 9.17) is 10.7 Å². The first kappa shape index (κ1) is 12.4. The van der Waals surface area contributed by atoms with E-state index in [0.717, 1.165) is 32.5 Å². The highest BCUT2D eigenvalue weighted by molar-refractivity contribution is 9.10. The van der Waals surface area contributed by atoms with Gasteiger partial charge in [0.15, 0.2) is 0 Å². The minimum atomic E-state index is 0.499. The number of halogens is 1. The van der Waals surface area contributed by atoms with Crippen LogP contribution in [0.4, 0.5) is 0 Å². The van der Waals surface area contributed by atoms with Crippen molar-refractivity contribution in [3.05, 3.63) is 52.0 Å². The molecule has 4 heteroatoms. The molecule has 0 spiro atoms. The summed E-state index contributed by atoms with van der Waals surface area (Å²) in [5, 5.41) is 0. The Kier molecular flexibility index (Phi) is 3.12. The molecule has 2 aromatic carbocycles. The molecule has 0 fully saturated rings. The minimum Gasteiger partial charge on any atom is -0.338 e. The molecule has 0 saturated heterocycles. The zero-order chi connectivity index (χ0) is 13.4. The molecule has 0 saturated carbocycles. The van der Waals surface area contributed by atoms with E-state index in [9.17, 15) is 0 Å². The van der Waals surface area contributed by atoms with Crippen molar-refractivity contribution in [2.75, 3.05) is 0 Å². The van der Waals surface area contributed by atoms with Crippen molar-refractivity contribution in [1.29, 1.82) is 0 Å². The molecule has 0 radical (unpaired) electrons. The predicted molar refractivity (Wildman–Crippen MR) is 81.9 cm³/mol. The van der Waals surface area contributed by atoms with E-state index >= 15 is 0 Å². The summed E-state index contributed by atoms with van der Waals surface area (Å²) in [5.41, 5.74) is 11.1. The molecule has 96 valence electrons. The molecule has 0 bridgehead atoms. The number of aromatic amines is 1. The van der Waals surface area contributed by atoms with Gasteiger partial charge >= 0.3 is 0 Å². The molecule has 3 nitrogen and oxygen atoms in total. The first-order valence-electron chi connectivity index (χ1n) is 6.13. The van der Waals surface area contributed by atoms with Crippen LogP contribution < -0.4 is 5.73 Å². The van der Waals surface area contributed by atoms with Crippen LogP contribution in [0.1, 0.15) is 11.1 Å². The Bertz CT molecular complexity index is 746. The van der Waals surface area contributed by atoms with Gasteiger partial charge in [0.25, 0.3) is 0 Å². The van der Waals surface area contributed by atoms with E-state index in [-0.39, 0.29) is 0 Å². The molecule has 0 aliphatic rings. The van der Waals surface area contributed by atoms with Crippen molar-refractivity contribution < 1.29 is 0 Å². The molecule has 0 amide bonds. The number of nitrogens with two attached hydrogens (primary N) is 1. The average molecular weight is 316 g/mol. The average Bonchev–Trinajstić information content (AvgIpc) is 2.85. The summed E-state index contributed by atoms with van der Waals surface area (Å²) in [6.45, 7) is 2.58. The summed E-state index contributed by atoms with van der Waals surface area (Å²) in [6, 6.07) is 12.2. The van der Waals surface area contributed by atoms with Crippen LogP contribution in [0.25, 0.3) is 22.4 Å². The van der Waals surface area contributed by atoms with Crippen LogP contribution in [0.3, 0.4) is 0 Å². The summed E-state index contributed by atoms with van der Waals surface area (Å²) < 4.78 is 1.05. The maximum atomic E-state index is 5.76. The zero-order valence-electron chi connectivity index (χ0n) is 10.6. The van der Waals surface area contributed by atoms with Crippen LogP contribution in [0, 0.1) is 6.92 Å². The molecule has 19 heavy (non-hydrogen) atoms. The largest absolute Gasteiger partial charge is 0.338 e. The topological polar surface area (TPSA) is 54.7 Å². The number of para-hydroxylation sites is 1. The molecule has 1 heterocycles. The second kappa shape index (κ2) is 4.79. The van der Waals surface area contributed by atoms with Crippen LogP contribution in [-0.2, 0) is 6.54 Å². The van der Waals surface area contributed by atoms with Crippen molar-refractivity contribution in [2.45, 2.75) is 13.5 Å². The van der Waals surface area contributed by atoms with Gasteiger partial charge in [0.1, 0.15) is 5.82 Å². The van der Waals surface area contributed by atoms with Crippen LogP contribution >= 0.6 is 15.9 Å². The number of hydrogen-bond donors (Lipinski definition) is 2. The quantitative estimate of drug-likeness (QED) is 0.756. The molecule has 0 unspecified atom stereocenters. The van der Waals surface area contributed by atoms with Crippen LogP contribution in [0.15, 0.2) is 40.9 Å². The highest BCUT2D eigenvalue weighted by atomic mass is 79.9. The fourth-order valence-corrected chi connectivity index (χ4v) is 2.59. The zero-order valence-corrected chi connectivity index (χ0v) is 12.2. The van der Waals surface area contributed by atoms with Crippen molar-refractivity contribution in [3.63, 3.8) is 0 Å². The maximum absolute atomic E-state index is 5.76. The van der Waals surface area contributed by atoms with Crippen molar-refractivity contribution in [3.8, 4) is 11.4 Å². The Morgan fingerprint density at radius 3 is 2.89 bits per heavy atom. The van der Waals surface area contributed by atoms with Gasteiger partial charge in [-0.05, 0) is 36.2 Å². The van der Waals surface area contributed by atoms with Crippen molar-refractivity contribution in [1.82, 2.24) is 9.97 Å². The highest BCUT2D eigenvalue weighted by Gasteiger charge is 2.10. The number of imidazole rings is 1. The van der Waals surface area contributed by atoms with E-state index < -0.39 is 0 Å². The summed E-state index contributed by atoms with van der Waals surface area (Å²) in [5.74, 6) is 0.884. The number of fused-ring (bicyclic) bond motifs is 1. The number of hydrogen-bond acceptors (Lipinski definition) is 2. The molecule has 0 aliphatic heterocycles. The normalized spacial score (nSPS) is 11.1. The molecule has 1 aromatic heterocycles. The Labute approximate surface area is 120 Å². The van der Waals surface area contributed by atoms with Crippen LogP contribution in [0.2, 0.25) is 0 Å². The van der Waals surface area contributed by atoms with Gasteiger partial charge in [-0.25, -0.2) is 4.98 Å². The number of rotatable bonds is 2.